The van der Waals surface area contributed by atoms with Crippen LogP contribution in [-0.4, -0.2) is 26.2 Å². The molecule has 0 aromatic heterocycles. The predicted octanol–water partition coefficient (Wildman–Crippen LogP) is 2.35. The fraction of sp³-hybridized carbons (Fsp3) is 0.947. The van der Waals surface area contributed by atoms with Crippen molar-refractivity contribution in [3.63, 3.8) is 0 Å². The topological polar surface area (TPSA) is 38.3 Å². The summed E-state index contributed by atoms with van der Waals surface area (Å²) in [7, 11) is 1.76. The van der Waals surface area contributed by atoms with Crippen molar-refractivity contribution in [1.82, 2.24) is 5.32 Å². The summed E-state index contributed by atoms with van der Waals surface area (Å²) in [5.74, 6) is -0.141. The van der Waals surface area contributed by atoms with E-state index in [-0.39, 0.29) is 37.0 Å². The second kappa shape index (κ2) is 22.4. The summed E-state index contributed by atoms with van der Waals surface area (Å²) >= 11 is 0. The minimum atomic E-state index is -0.141. The SMILES string of the molecule is CCCCCCCCCCCCCCCCOC(=O)CNC.[H-].[Na+]. The Hall–Kier alpha value is 0.430. The summed E-state index contributed by atoms with van der Waals surface area (Å²) in [5.41, 5.74) is 0. The number of ether oxygens (including phenoxy) is 1. The first-order valence-corrected chi connectivity index (χ1v) is 9.61. The van der Waals surface area contributed by atoms with Gasteiger partial charge in [-0.3, -0.25) is 4.79 Å². The third-order valence-electron chi connectivity index (χ3n) is 4.08. The molecule has 0 heterocycles. The molecule has 0 saturated carbocycles. The monoisotopic (exact) mass is 337 g/mol. The van der Waals surface area contributed by atoms with Crippen LogP contribution in [0.1, 0.15) is 98.2 Å². The van der Waals surface area contributed by atoms with Crippen LogP contribution in [0.4, 0.5) is 0 Å². The largest absolute Gasteiger partial charge is 1.00 e. The normalized spacial score (nSPS) is 10.3. The number of esters is 1. The molecule has 0 aliphatic carbocycles. The van der Waals surface area contributed by atoms with Crippen molar-refractivity contribution in [1.29, 1.82) is 0 Å². The molecule has 134 valence electrons. The van der Waals surface area contributed by atoms with Gasteiger partial charge in [0.2, 0.25) is 0 Å². The number of rotatable bonds is 17. The fourth-order valence-corrected chi connectivity index (χ4v) is 2.68. The minimum Gasteiger partial charge on any atom is -1.00 e. The number of nitrogens with one attached hydrogen (secondary N) is 1. The van der Waals surface area contributed by atoms with Crippen molar-refractivity contribution >= 4 is 5.97 Å². The predicted molar refractivity (Wildman–Crippen MR) is 96.3 cm³/mol. The summed E-state index contributed by atoms with van der Waals surface area (Å²) in [6, 6.07) is 0. The second-order valence-corrected chi connectivity index (χ2v) is 6.35. The zero-order valence-corrected chi connectivity index (χ0v) is 18.1. The van der Waals surface area contributed by atoms with Crippen molar-refractivity contribution in [2.45, 2.75) is 96.8 Å². The van der Waals surface area contributed by atoms with Gasteiger partial charge in [-0.05, 0) is 13.5 Å². The molecule has 3 nitrogen and oxygen atoms in total. The van der Waals surface area contributed by atoms with Crippen LogP contribution in [0.15, 0.2) is 0 Å². The first-order valence-electron chi connectivity index (χ1n) is 9.61. The number of likely N-dealkylation sites (N-methyl/N-ethyl adjacent to an activating group) is 1. The van der Waals surface area contributed by atoms with Gasteiger partial charge in [0, 0.05) is 0 Å². The van der Waals surface area contributed by atoms with Crippen LogP contribution in [0, 0.1) is 0 Å². The molecule has 0 amide bonds. The van der Waals surface area contributed by atoms with Crippen molar-refractivity contribution in [2.24, 2.45) is 0 Å². The van der Waals surface area contributed by atoms with Gasteiger partial charge in [-0.2, -0.15) is 0 Å². The number of unbranched alkanes of at least 4 members (excludes halogenated alkanes) is 13. The van der Waals surface area contributed by atoms with Crippen LogP contribution < -0.4 is 34.9 Å². The maximum absolute atomic E-state index is 11.1. The van der Waals surface area contributed by atoms with Gasteiger partial charge < -0.3 is 11.5 Å². The standard InChI is InChI=1S/C19H39NO2.Na.H/c1-3-4-5-6-7-8-9-10-11-12-13-14-15-16-17-22-19(21)18-20-2;;/h20H,3-18H2,1-2H3;;/q;+1;-1. The molecule has 0 aliphatic heterocycles. The maximum Gasteiger partial charge on any atom is 1.00 e. The summed E-state index contributed by atoms with van der Waals surface area (Å²) in [6.07, 6.45) is 18.9. The van der Waals surface area contributed by atoms with Gasteiger partial charge in [-0.25, -0.2) is 0 Å². The Balaban J connectivity index is -0.00000220. The molecule has 0 aromatic rings. The Bertz CT molecular complexity index is 243. The Labute approximate surface area is 168 Å². The van der Waals surface area contributed by atoms with Crippen LogP contribution >= 0.6 is 0 Å². The second-order valence-electron chi connectivity index (χ2n) is 6.35. The van der Waals surface area contributed by atoms with E-state index in [0.29, 0.717) is 13.2 Å². The van der Waals surface area contributed by atoms with Crippen molar-refractivity contribution in [3.8, 4) is 0 Å². The molecule has 1 N–H and O–H groups in total. The minimum absolute atomic E-state index is 0. The van der Waals surface area contributed by atoms with Crippen LogP contribution in [0.25, 0.3) is 0 Å². The van der Waals surface area contributed by atoms with E-state index >= 15 is 0 Å². The van der Waals surface area contributed by atoms with Gasteiger partial charge in [-0.15, -0.1) is 0 Å². The summed E-state index contributed by atoms with van der Waals surface area (Å²) in [6.45, 7) is 3.17. The molecule has 0 spiro atoms. The van der Waals surface area contributed by atoms with Crippen LogP contribution in [0.2, 0.25) is 0 Å². The van der Waals surface area contributed by atoms with E-state index < -0.39 is 0 Å². The molecule has 0 radical (unpaired) electrons. The Morgan fingerprint density at radius 1 is 0.783 bits per heavy atom. The molecule has 0 fully saturated rings. The molecule has 0 aliphatic rings. The third kappa shape index (κ3) is 22.4. The molecule has 0 unspecified atom stereocenters. The third-order valence-corrected chi connectivity index (χ3v) is 4.08. The molecule has 4 heteroatoms. The molecule has 0 saturated heterocycles. The smallest absolute Gasteiger partial charge is 1.00 e. The summed E-state index contributed by atoms with van der Waals surface area (Å²) < 4.78 is 5.09. The van der Waals surface area contributed by atoms with Gasteiger partial charge in [0.05, 0.1) is 13.2 Å². The molecular formula is C19H40NNaO2. The van der Waals surface area contributed by atoms with Crippen molar-refractivity contribution < 1.29 is 40.5 Å². The number of hydrogen-bond acceptors (Lipinski definition) is 3. The first kappa shape index (κ1) is 25.7. The van der Waals surface area contributed by atoms with Gasteiger partial charge in [0.1, 0.15) is 0 Å². The zero-order valence-electron chi connectivity index (χ0n) is 17.1. The zero-order chi connectivity index (χ0) is 16.3. The summed E-state index contributed by atoms with van der Waals surface area (Å²) in [5, 5.41) is 2.80. The number of carbonyl (C=O) groups is 1. The Morgan fingerprint density at radius 3 is 1.57 bits per heavy atom. The van der Waals surface area contributed by atoms with Crippen LogP contribution in [0.3, 0.4) is 0 Å². The molecule has 0 bridgehead atoms. The molecule has 0 aromatic carbocycles. The van der Waals surface area contributed by atoms with E-state index in [9.17, 15) is 4.79 Å². The molecule has 23 heavy (non-hydrogen) atoms. The average molecular weight is 338 g/mol. The van der Waals surface area contributed by atoms with Crippen molar-refractivity contribution in [3.05, 3.63) is 0 Å². The van der Waals surface area contributed by atoms with E-state index in [2.05, 4.69) is 12.2 Å². The Kier molecular flexibility index (Phi) is 25.0. The molecule has 0 rings (SSSR count). The number of hydrogen-bond donors (Lipinski definition) is 1. The van der Waals surface area contributed by atoms with E-state index in [4.69, 9.17) is 4.74 Å². The quantitative estimate of drug-likeness (QED) is 0.251. The fourth-order valence-electron chi connectivity index (χ4n) is 2.68. The first-order chi connectivity index (χ1) is 10.8. The van der Waals surface area contributed by atoms with E-state index in [1.54, 1.807) is 7.05 Å². The van der Waals surface area contributed by atoms with Gasteiger partial charge in [0.15, 0.2) is 0 Å². The van der Waals surface area contributed by atoms with Crippen molar-refractivity contribution in [2.75, 3.05) is 20.2 Å². The van der Waals surface area contributed by atoms with E-state index in [1.807, 2.05) is 0 Å². The Morgan fingerprint density at radius 2 is 1.17 bits per heavy atom. The van der Waals surface area contributed by atoms with Crippen LogP contribution in [0.5, 0.6) is 0 Å². The molecule has 0 atom stereocenters. The summed E-state index contributed by atoms with van der Waals surface area (Å²) in [4.78, 5) is 11.1. The van der Waals surface area contributed by atoms with Gasteiger partial charge >= 0.3 is 35.5 Å². The van der Waals surface area contributed by atoms with Gasteiger partial charge in [0.25, 0.3) is 0 Å². The average Bonchev–Trinajstić information content (AvgIpc) is 2.51. The number of carbonyl (C=O) groups excluding carboxylic acids is 1. The molecular weight excluding hydrogens is 297 g/mol. The van der Waals surface area contributed by atoms with E-state index in [1.165, 1.54) is 83.5 Å². The van der Waals surface area contributed by atoms with Gasteiger partial charge in [-0.1, -0.05) is 90.4 Å². The van der Waals surface area contributed by atoms with E-state index in [0.717, 1.165) is 6.42 Å². The van der Waals surface area contributed by atoms with Crippen LogP contribution in [-0.2, 0) is 9.53 Å². The maximum atomic E-state index is 11.1.